The second-order valence-corrected chi connectivity index (χ2v) is 6.25. The SMILES string of the molecule is O=C(Cn1ccnc1)NC[C@H]1C[C@]12CCc1ccccc12. The van der Waals surface area contributed by atoms with Crippen molar-refractivity contribution < 1.29 is 4.79 Å². The smallest absolute Gasteiger partial charge is 0.239 e. The third-order valence-electron chi connectivity index (χ3n) is 5.06. The van der Waals surface area contributed by atoms with E-state index in [-0.39, 0.29) is 5.91 Å². The fraction of sp³-hybridized carbons (Fsp3) is 0.412. The molecule has 4 heteroatoms. The predicted molar refractivity (Wildman–Crippen MR) is 79.8 cm³/mol. The van der Waals surface area contributed by atoms with Crippen LogP contribution < -0.4 is 5.32 Å². The van der Waals surface area contributed by atoms with Gasteiger partial charge < -0.3 is 9.88 Å². The number of aryl methyl sites for hydroxylation is 1. The molecule has 2 aliphatic carbocycles. The molecule has 1 saturated carbocycles. The minimum atomic E-state index is 0.0707. The molecule has 0 unspecified atom stereocenters. The summed E-state index contributed by atoms with van der Waals surface area (Å²) in [7, 11) is 0. The van der Waals surface area contributed by atoms with Crippen LogP contribution in [0.25, 0.3) is 0 Å². The minimum absolute atomic E-state index is 0.0707. The summed E-state index contributed by atoms with van der Waals surface area (Å²) in [6, 6.07) is 8.79. The van der Waals surface area contributed by atoms with Crippen molar-refractivity contribution in [2.45, 2.75) is 31.2 Å². The van der Waals surface area contributed by atoms with E-state index in [1.54, 1.807) is 17.1 Å². The summed E-state index contributed by atoms with van der Waals surface area (Å²) in [5, 5.41) is 3.08. The molecule has 2 aromatic rings. The lowest BCUT2D eigenvalue weighted by molar-refractivity contribution is -0.121. The molecule has 1 aromatic carbocycles. The number of hydrogen-bond donors (Lipinski definition) is 1. The van der Waals surface area contributed by atoms with Gasteiger partial charge in [-0.1, -0.05) is 24.3 Å². The van der Waals surface area contributed by atoms with Crippen LogP contribution in [0.4, 0.5) is 0 Å². The Morgan fingerprint density at radius 2 is 2.33 bits per heavy atom. The van der Waals surface area contributed by atoms with Gasteiger partial charge in [0, 0.05) is 24.4 Å². The molecule has 2 aliphatic rings. The first-order chi connectivity index (χ1) is 10.3. The highest BCUT2D eigenvalue weighted by atomic mass is 16.1. The molecule has 2 atom stereocenters. The van der Waals surface area contributed by atoms with E-state index in [1.807, 2.05) is 6.20 Å². The monoisotopic (exact) mass is 281 g/mol. The van der Waals surface area contributed by atoms with Crippen LogP contribution in [0.2, 0.25) is 0 Å². The van der Waals surface area contributed by atoms with E-state index in [9.17, 15) is 4.79 Å². The number of nitrogens with one attached hydrogen (secondary N) is 1. The molecule has 1 spiro atoms. The molecule has 4 rings (SSSR count). The van der Waals surface area contributed by atoms with Gasteiger partial charge in [0.05, 0.1) is 6.33 Å². The van der Waals surface area contributed by atoms with Crippen LogP contribution in [0.3, 0.4) is 0 Å². The highest BCUT2D eigenvalue weighted by molar-refractivity contribution is 5.75. The number of aromatic nitrogens is 2. The maximum Gasteiger partial charge on any atom is 0.239 e. The number of benzene rings is 1. The first-order valence-corrected chi connectivity index (χ1v) is 7.59. The van der Waals surface area contributed by atoms with E-state index in [2.05, 4.69) is 34.6 Å². The summed E-state index contributed by atoms with van der Waals surface area (Å²) in [6.07, 6.45) is 8.83. The third-order valence-corrected chi connectivity index (χ3v) is 5.06. The Labute approximate surface area is 124 Å². The van der Waals surface area contributed by atoms with Crippen LogP contribution in [0.15, 0.2) is 43.0 Å². The molecule has 4 nitrogen and oxygen atoms in total. The van der Waals surface area contributed by atoms with Crippen molar-refractivity contribution in [3.05, 3.63) is 54.1 Å². The Bertz CT molecular complexity index is 664. The number of imidazole rings is 1. The summed E-state index contributed by atoms with van der Waals surface area (Å²) in [6.45, 7) is 1.15. The van der Waals surface area contributed by atoms with E-state index in [0.29, 0.717) is 17.9 Å². The summed E-state index contributed by atoms with van der Waals surface area (Å²) in [4.78, 5) is 15.9. The number of amides is 1. The highest BCUT2D eigenvalue weighted by Gasteiger charge is 2.57. The zero-order chi connectivity index (χ0) is 14.3. The molecule has 1 N–H and O–H groups in total. The van der Waals surface area contributed by atoms with Gasteiger partial charge in [-0.3, -0.25) is 4.79 Å². The summed E-state index contributed by atoms with van der Waals surface area (Å²) in [5.41, 5.74) is 3.39. The third kappa shape index (κ3) is 2.15. The molecule has 1 heterocycles. The zero-order valence-electron chi connectivity index (χ0n) is 12.0. The van der Waals surface area contributed by atoms with Crippen molar-refractivity contribution >= 4 is 5.91 Å². The normalized spacial score (nSPS) is 25.8. The Balaban J connectivity index is 1.35. The summed E-state index contributed by atoms with van der Waals surface area (Å²) in [5.74, 6) is 0.675. The van der Waals surface area contributed by atoms with Crippen LogP contribution in [-0.2, 0) is 23.2 Å². The molecule has 108 valence electrons. The number of hydrogen-bond acceptors (Lipinski definition) is 2. The molecule has 0 bridgehead atoms. The van der Waals surface area contributed by atoms with Crippen LogP contribution in [0, 0.1) is 5.92 Å². The maximum absolute atomic E-state index is 11.9. The second kappa shape index (κ2) is 4.72. The van der Waals surface area contributed by atoms with Crippen LogP contribution in [0.5, 0.6) is 0 Å². The standard InChI is InChI=1S/C17H19N3O/c21-16(11-20-8-7-18-12-20)19-10-14-9-17(14)6-5-13-3-1-2-4-15(13)17/h1-4,7-8,12,14H,5-6,9-11H2,(H,19,21)/t14-,17-/m1/s1. The van der Waals surface area contributed by atoms with Crippen molar-refractivity contribution in [3.63, 3.8) is 0 Å². The average Bonchev–Trinajstić information content (AvgIpc) is 2.83. The molecule has 0 radical (unpaired) electrons. The number of carbonyl (C=O) groups excluding carboxylic acids is 1. The Kier molecular flexibility index (Phi) is 2.84. The zero-order valence-corrected chi connectivity index (χ0v) is 12.0. The molecule has 0 saturated heterocycles. The minimum Gasteiger partial charge on any atom is -0.354 e. The lowest BCUT2D eigenvalue weighted by Gasteiger charge is -2.12. The lowest BCUT2D eigenvalue weighted by atomic mass is 9.95. The molecule has 0 aliphatic heterocycles. The highest BCUT2D eigenvalue weighted by Crippen LogP contribution is 2.61. The van der Waals surface area contributed by atoms with Gasteiger partial charge in [0.2, 0.25) is 5.91 Å². The number of fused-ring (bicyclic) bond motifs is 2. The van der Waals surface area contributed by atoms with Crippen molar-refractivity contribution in [2.24, 2.45) is 5.92 Å². The van der Waals surface area contributed by atoms with Gasteiger partial charge in [0.15, 0.2) is 0 Å². The second-order valence-electron chi connectivity index (χ2n) is 6.25. The van der Waals surface area contributed by atoms with Crippen LogP contribution in [0.1, 0.15) is 24.0 Å². The quantitative estimate of drug-likeness (QED) is 0.930. The van der Waals surface area contributed by atoms with Gasteiger partial charge in [-0.2, -0.15) is 0 Å². The Morgan fingerprint density at radius 1 is 1.43 bits per heavy atom. The average molecular weight is 281 g/mol. The Hall–Kier alpha value is -2.10. The van der Waals surface area contributed by atoms with E-state index in [4.69, 9.17) is 0 Å². The van der Waals surface area contributed by atoms with Crippen molar-refractivity contribution in [3.8, 4) is 0 Å². The summed E-state index contributed by atoms with van der Waals surface area (Å²) >= 11 is 0. The molecular formula is C17H19N3O. The van der Waals surface area contributed by atoms with Crippen molar-refractivity contribution in [1.82, 2.24) is 14.9 Å². The van der Waals surface area contributed by atoms with Gasteiger partial charge in [0.25, 0.3) is 0 Å². The maximum atomic E-state index is 11.9. The number of carbonyl (C=O) groups is 1. The Morgan fingerprint density at radius 3 is 3.19 bits per heavy atom. The van der Waals surface area contributed by atoms with E-state index in [1.165, 1.54) is 30.4 Å². The van der Waals surface area contributed by atoms with E-state index >= 15 is 0 Å². The first kappa shape index (κ1) is 12.6. The molecule has 1 fully saturated rings. The van der Waals surface area contributed by atoms with Gasteiger partial charge in [-0.25, -0.2) is 4.98 Å². The topological polar surface area (TPSA) is 46.9 Å². The van der Waals surface area contributed by atoms with Gasteiger partial charge in [-0.15, -0.1) is 0 Å². The van der Waals surface area contributed by atoms with Gasteiger partial charge >= 0.3 is 0 Å². The first-order valence-electron chi connectivity index (χ1n) is 7.59. The van der Waals surface area contributed by atoms with Crippen molar-refractivity contribution in [1.29, 1.82) is 0 Å². The number of rotatable bonds is 4. The molecule has 1 aromatic heterocycles. The van der Waals surface area contributed by atoms with Gasteiger partial charge in [0.1, 0.15) is 6.54 Å². The summed E-state index contributed by atoms with van der Waals surface area (Å²) < 4.78 is 1.79. The molecular weight excluding hydrogens is 262 g/mol. The van der Waals surface area contributed by atoms with E-state index < -0.39 is 0 Å². The van der Waals surface area contributed by atoms with Crippen molar-refractivity contribution in [2.75, 3.05) is 6.54 Å². The van der Waals surface area contributed by atoms with E-state index in [0.717, 1.165) is 6.54 Å². The van der Waals surface area contributed by atoms with Crippen LogP contribution in [-0.4, -0.2) is 22.0 Å². The predicted octanol–water partition coefficient (Wildman–Crippen LogP) is 1.90. The van der Waals surface area contributed by atoms with Crippen LogP contribution >= 0.6 is 0 Å². The molecule has 1 amide bonds. The fourth-order valence-electron chi connectivity index (χ4n) is 3.84. The largest absolute Gasteiger partial charge is 0.354 e. The lowest BCUT2D eigenvalue weighted by Crippen LogP contribution is -2.30. The molecule has 21 heavy (non-hydrogen) atoms. The number of nitrogens with zero attached hydrogens (tertiary/aromatic N) is 2. The van der Waals surface area contributed by atoms with Gasteiger partial charge in [-0.05, 0) is 36.3 Å². The fourth-order valence-corrected chi connectivity index (χ4v) is 3.84.